The first-order chi connectivity index (χ1) is 5.96. The molecule has 0 saturated carbocycles. The second kappa shape index (κ2) is 3.55. The first-order valence-electron chi connectivity index (χ1n) is 4.55. The average molecular weight is 207 g/mol. The highest BCUT2D eigenvalue weighted by atomic mass is 32.2. The van der Waals surface area contributed by atoms with Gasteiger partial charge in [-0.3, -0.25) is 0 Å². The van der Waals surface area contributed by atoms with Gasteiger partial charge in [0.25, 0.3) is 0 Å². The SMILES string of the molecule is CCC1(CO)CCCN1S(C)(=O)=O. The van der Waals surface area contributed by atoms with Gasteiger partial charge in [-0.1, -0.05) is 6.92 Å². The normalized spacial score (nSPS) is 31.0. The number of rotatable bonds is 3. The van der Waals surface area contributed by atoms with Crippen LogP contribution in [0.1, 0.15) is 26.2 Å². The molecule has 1 atom stereocenters. The van der Waals surface area contributed by atoms with E-state index in [1.807, 2.05) is 6.92 Å². The van der Waals surface area contributed by atoms with E-state index in [1.165, 1.54) is 10.6 Å². The lowest BCUT2D eigenvalue weighted by Gasteiger charge is -2.34. The second-order valence-corrected chi connectivity index (χ2v) is 5.58. The van der Waals surface area contributed by atoms with Crippen LogP contribution in [0, 0.1) is 0 Å². The van der Waals surface area contributed by atoms with Gasteiger partial charge in [0.15, 0.2) is 0 Å². The Morgan fingerprint density at radius 2 is 2.15 bits per heavy atom. The molecule has 1 unspecified atom stereocenters. The molecular formula is C8H17NO3S. The number of hydrogen-bond donors (Lipinski definition) is 1. The van der Waals surface area contributed by atoms with E-state index in [0.717, 1.165) is 12.8 Å². The minimum Gasteiger partial charge on any atom is -0.394 e. The van der Waals surface area contributed by atoms with Crippen molar-refractivity contribution in [3.05, 3.63) is 0 Å². The summed E-state index contributed by atoms with van der Waals surface area (Å²) in [5, 5.41) is 9.24. The Morgan fingerprint density at radius 1 is 1.54 bits per heavy atom. The van der Waals surface area contributed by atoms with Crippen LogP contribution in [0.15, 0.2) is 0 Å². The molecule has 78 valence electrons. The van der Waals surface area contributed by atoms with E-state index in [9.17, 15) is 13.5 Å². The number of aliphatic hydroxyl groups excluding tert-OH is 1. The van der Waals surface area contributed by atoms with Gasteiger partial charge in [0.05, 0.1) is 18.4 Å². The van der Waals surface area contributed by atoms with Gasteiger partial charge in [-0.15, -0.1) is 0 Å². The summed E-state index contributed by atoms with van der Waals surface area (Å²) in [7, 11) is -3.16. The molecule has 4 nitrogen and oxygen atoms in total. The number of aliphatic hydroxyl groups is 1. The highest BCUT2D eigenvalue weighted by Crippen LogP contribution is 2.33. The van der Waals surface area contributed by atoms with Crippen molar-refractivity contribution in [2.45, 2.75) is 31.7 Å². The van der Waals surface area contributed by atoms with Crippen LogP contribution in [0.2, 0.25) is 0 Å². The monoisotopic (exact) mass is 207 g/mol. The number of nitrogens with zero attached hydrogens (tertiary/aromatic N) is 1. The van der Waals surface area contributed by atoms with E-state index in [1.54, 1.807) is 0 Å². The number of hydrogen-bond acceptors (Lipinski definition) is 3. The van der Waals surface area contributed by atoms with Crippen molar-refractivity contribution in [1.29, 1.82) is 0 Å². The molecule has 1 heterocycles. The summed E-state index contributed by atoms with van der Waals surface area (Å²) in [5.41, 5.74) is -0.520. The summed E-state index contributed by atoms with van der Waals surface area (Å²) < 4.78 is 24.2. The molecule has 1 aliphatic heterocycles. The molecule has 13 heavy (non-hydrogen) atoms. The number of sulfonamides is 1. The molecule has 0 aromatic carbocycles. The van der Waals surface area contributed by atoms with Gasteiger partial charge in [0.1, 0.15) is 0 Å². The van der Waals surface area contributed by atoms with Gasteiger partial charge >= 0.3 is 0 Å². The van der Waals surface area contributed by atoms with E-state index in [4.69, 9.17) is 0 Å². The fraction of sp³-hybridized carbons (Fsp3) is 1.00. The first kappa shape index (κ1) is 10.9. The molecule has 1 rings (SSSR count). The molecule has 0 amide bonds. The molecule has 1 saturated heterocycles. The Labute approximate surface area is 79.6 Å². The lowest BCUT2D eigenvalue weighted by molar-refractivity contribution is 0.117. The van der Waals surface area contributed by atoms with Crippen molar-refractivity contribution in [2.24, 2.45) is 0 Å². The fourth-order valence-corrected chi connectivity index (χ4v) is 3.50. The standard InChI is InChI=1S/C8H17NO3S/c1-3-8(7-10)5-4-6-9(8)13(2,11)12/h10H,3-7H2,1-2H3. The molecule has 0 aromatic heterocycles. The zero-order valence-corrected chi connectivity index (χ0v) is 8.97. The molecule has 1 N–H and O–H groups in total. The Morgan fingerprint density at radius 3 is 2.46 bits per heavy atom. The van der Waals surface area contributed by atoms with E-state index in [2.05, 4.69) is 0 Å². The molecule has 0 aliphatic carbocycles. The zero-order chi connectivity index (χ0) is 10.1. The summed E-state index contributed by atoms with van der Waals surface area (Å²) in [6.07, 6.45) is 3.50. The van der Waals surface area contributed by atoms with Crippen molar-refractivity contribution >= 4 is 10.0 Å². The fourth-order valence-electron chi connectivity index (χ4n) is 2.05. The van der Waals surface area contributed by atoms with Crippen LogP contribution in [0.25, 0.3) is 0 Å². The first-order valence-corrected chi connectivity index (χ1v) is 6.40. The predicted octanol–water partition coefficient (Wildman–Crippen LogP) is 0.183. The third-order valence-electron chi connectivity index (χ3n) is 2.89. The maximum atomic E-state index is 11.4. The van der Waals surface area contributed by atoms with Crippen LogP contribution in [-0.4, -0.2) is 42.8 Å². The lowest BCUT2D eigenvalue weighted by atomic mass is 9.96. The quantitative estimate of drug-likeness (QED) is 0.718. The Kier molecular flexibility index (Phi) is 2.99. The van der Waals surface area contributed by atoms with Gasteiger partial charge in [-0.2, -0.15) is 4.31 Å². The van der Waals surface area contributed by atoms with Crippen LogP contribution < -0.4 is 0 Å². The van der Waals surface area contributed by atoms with Gasteiger partial charge in [0, 0.05) is 6.54 Å². The van der Waals surface area contributed by atoms with Crippen molar-refractivity contribution in [3.8, 4) is 0 Å². The highest BCUT2D eigenvalue weighted by molar-refractivity contribution is 7.88. The van der Waals surface area contributed by atoms with Crippen molar-refractivity contribution in [3.63, 3.8) is 0 Å². The van der Waals surface area contributed by atoms with E-state index in [-0.39, 0.29) is 6.61 Å². The van der Waals surface area contributed by atoms with Gasteiger partial charge in [0.2, 0.25) is 10.0 Å². The minimum atomic E-state index is -3.16. The van der Waals surface area contributed by atoms with E-state index >= 15 is 0 Å². The summed E-state index contributed by atoms with van der Waals surface area (Å²) in [5.74, 6) is 0. The Bertz CT molecular complexity index is 269. The van der Waals surface area contributed by atoms with E-state index < -0.39 is 15.6 Å². The maximum Gasteiger partial charge on any atom is 0.211 e. The topological polar surface area (TPSA) is 57.6 Å². The van der Waals surface area contributed by atoms with Crippen LogP contribution in [-0.2, 0) is 10.0 Å². The Hall–Kier alpha value is -0.130. The molecule has 0 radical (unpaired) electrons. The van der Waals surface area contributed by atoms with Crippen molar-refractivity contribution in [1.82, 2.24) is 4.31 Å². The molecular weight excluding hydrogens is 190 g/mol. The Balaban J connectivity index is 2.98. The third kappa shape index (κ3) is 1.87. The summed E-state index contributed by atoms with van der Waals surface area (Å²) in [6, 6.07) is 0. The van der Waals surface area contributed by atoms with Crippen molar-refractivity contribution in [2.75, 3.05) is 19.4 Å². The van der Waals surface area contributed by atoms with Crippen molar-refractivity contribution < 1.29 is 13.5 Å². The molecule has 1 aliphatic rings. The molecule has 1 fully saturated rings. The molecule has 0 spiro atoms. The molecule has 5 heteroatoms. The van der Waals surface area contributed by atoms with Crippen LogP contribution in [0.5, 0.6) is 0 Å². The summed E-state index contributed by atoms with van der Waals surface area (Å²) in [6.45, 7) is 2.39. The van der Waals surface area contributed by atoms with E-state index in [0.29, 0.717) is 13.0 Å². The van der Waals surface area contributed by atoms with Crippen LogP contribution >= 0.6 is 0 Å². The zero-order valence-electron chi connectivity index (χ0n) is 8.15. The van der Waals surface area contributed by atoms with Crippen LogP contribution in [0.3, 0.4) is 0 Å². The lowest BCUT2D eigenvalue weighted by Crippen LogP contribution is -2.49. The minimum absolute atomic E-state index is 0.0728. The predicted molar refractivity (Wildman–Crippen MR) is 50.9 cm³/mol. The van der Waals surface area contributed by atoms with Gasteiger partial charge in [-0.25, -0.2) is 8.42 Å². The molecule has 0 bridgehead atoms. The highest BCUT2D eigenvalue weighted by Gasteiger charge is 2.43. The maximum absolute atomic E-state index is 11.4. The second-order valence-electron chi connectivity index (χ2n) is 3.67. The third-order valence-corrected chi connectivity index (χ3v) is 4.26. The largest absolute Gasteiger partial charge is 0.394 e. The summed E-state index contributed by atoms with van der Waals surface area (Å²) >= 11 is 0. The van der Waals surface area contributed by atoms with Crippen LogP contribution in [0.4, 0.5) is 0 Å². The van der Waals surface area contributed by atoms with Gasteiger partial charge < -0.3 is 5.11 Å². The smallest absolute Gasteiger partial charge is 0.211 e. The summed E-state index contributed by atoms with van der Waals surface area (Å²) in [4.78, 5) is 0. The molecule has 0 aromatic rings. The average Bonchev–Trinajstić information content (AvgIpc) is 2.47. The van der Waals surface area contributed by atoms with Gasteiger partial charge in [-0.05, 0) is 19.3 Å².